The predicted octanol–water partition coefficient (Wildman–Crippen LogP) is 20.6. The van der Waals surface area contributed by atoms with E-state index >= 15 is 0 Å². The smallest absolute Gasteiger partial charge is 0.227 e. The summed E-state index contributed by atoms with van der Waals surface area (Å²) in [5, 5.41) is 19.1. The molecule has 64 heavy (non-hydrogen) atoms. The summed E-state index contributed by atoms with van der Waals surface area (Å²) in [6.07, 6.45) is 34.5. The van der Waals surface area contributed by atoms with Crippen molar-refractivity contribution in [2.24, 2.45) is 0 Å². The number of nitrogens with zero attached hydrogens (tertiary/aromatic N) is 4. The Balaban J connectivity index is 1.07. The second-order valence-corrected chi connectivity index (χ2v) is 23.5. The monoisotopic (exact) mass is 958 g/mol. The quantitative estimate of drug-likeness (QED) is 0.0267. The SMILES string of the molecule is [C-]#[N+]/C(C#N)=C\c1sc(-c2cc3sc(-c4cc5sc(-c6cc(CCCCCCCCCCCCC)c(/C=C(\C#N)[N+]#[C-])s6)cc5s4)cc3s2)cc1CCCCCCCCCCCCC. The maximum atomic E-state index is 9.55. The van der Waals surface area contributed by atoms with Gasteiger partial charge in [0.15, 0.2) is 0 Å². The molecule has 0 aliphatic heterocycles. The van der Waals surface area contributed by atoms with Crippen LogP contribution < -0.4 is 0 Å². The second kappa shape index (κ2) is 27.0. The van der Waals surface area contributed by atoms with E-state index in [9.17, 15) is 10.5 Å². The maximum absolute atomic E-state index is 9.55. The van der Waals surface area contributed by atoms with Gasteiger partial charge in [-0.3, -0.25) is 0 Å². The van der Waals surface area contributed by atoms with E-state index in [4.69, 9.17) is 13.1 Å². The van der Waals surface area contributed by atoms with Crippen molar-refractivity contribution in [2.75, 3.05) is 0 Å². The minimum atomic E-state index is 0.149. The van der Waals surface area contributed by atoms with Gasteiger partial charge in [-0.15, -0.1) is 68.0 Å². The lowest BCUT2D eigenvalue weighted by Gasteiger charge is -2.03. The lowest BCUT2D eigenvalue weighted by atomic mass is 10.0. The first-order valence-corrected chi connectivity index (χ1v) is 28.7. The average molecular weight is 960 g/mol. The van der Waals surface area contributed by atoms with Crippen LogP contribution in [0.25, 0.3) is 69.9 Å². The molecule has 0 amide bonds. The van der Waals surface area contributed by atoms with Crippen LogP contribution in [0.5, 0.6) is 0 Å². The first-order valence-electron chi connectivity index (χ1n) is 23.8. The molecule has 0 aromatic carbocycles. The molecular weight excluding hydrogens is 897 g/mol. The number of rotatable bonds is 29. The number of nitriles is 2. The third-order valence-electron chi connectivity index (χ3n) is 11.9. The highest BCUT2D eigenvalue weighted by Crippen LogP contribution is 2.49. The summed E-state index contributed by atoms with van der Waals surface area (Å²) in [6, 6.07) is 18.1. The van der Waals surface area contributed by atoms with Gasteiger partial charge in [-0.05, 0) is 85.4 Å². The molecule has 0 N–H and O–H groups in total. The number of fused-ring (bicyclic) bond motifs is 2. The van der Waals surface area contributed by atoms with Gasteiger partial charge in [0.25, 0.3) is 11.4 Å². The number of thiophene rings is 6. The minimum Gasteiger partial charge on any atom is -0.227 e. The van der Waals surface area contributed by atoms with E-state index < -0.39 is 0 Å². The molecule has 0 fully saturated rings. The van der Waals surface area contributed by atoms with Gasteiger partial charge in [0.2, 0.25) is 0 Å². The molecule has 0 bridgehead atoms. The van der Waals surface area contributed by atoms with E-state index in [-0.39, 0.29) is 11.4 Å². The zero-order valence-electron chi connectivity index (χ0n) is 37.8. The van der Waals surface area contributed by atoms with Crippen molar-refractivity contribution in [3.05, 3.63) is 91.5 Å². The lowest BCUT2D eigenvalue weighted by molar-refractivity contribution is 0.549. The van der Waals surface area contributed by atoms with Crippen molar-refractivity contribution in [1.82, 2.24) is 0 Å². The van der Waals surface area contributed by atoms with Gasteiger partial charge < -0.3 is 0 Å². The van der Waals surface area contributed by atoms with Crippen LogP contribution in [0.3, 0.4) is 0 Å². The number of allylic oxidation sites excluding steroid dienone is 2. The van der Waals surface area contributed by atoms with Crippen LogP contribution in [0.2, 0.25) is 0 Å². The van der Waals surface area contributed by atoms with Crippen LogP contribution in [0.15, 0.2) is 47.8 Å². The molecule has 0 atom stereocenters. The van der Waals surface area contributed by atoms with Crippen molar-refractivity contribution >= 4 is 99.0 Å². The highest BCUT2D eigenvalue weighted by Gasteiger charge is 2.18. The standard InChI is InChI=1S/C54H62N4S6/c1-5-7-9-11-13-15-17-19-21-23-25-27-39-29-45(59-43(39)31-41(37-55)57-3)47-33-49-51(61-47)35-53(63-49)54-36-52-50(64-54)34-48(62-52)46-30-40(44(60-46)32-42(38-56)58-4)28-26-24-22-20-18-16-14-12-10-8-6-2/h29-36H,5-28H2,1-2H3/b41-31-,42-32+. The van der Waals surface area contributed by atoms with Crippen LogP contribution in [-0.4, -0.2) is 0 Å². The first kappa shape index (κ1) is 49.6. The third kappa shape index (κ3) is 14.6. The van der Waals surface area contributed by atoms with Crippen LogP contribution in [0.1, 0.15) is 176 Å². The molecule has 6 aromatic heterocycles. The molecule has 6 aromatic rings. The first-order chi connectivity index (χ1) is 31.5. The average Bonchev–Trinajstić information content (AvgIpc) is 4.16. The summed E-state index contributed by atoms with van der Waals surface area (Å²) in [7, 11) is 0. The summed E-state index contributed by atoms with van der Waals surface area (Å²) in [5.74, 6) is 0. The highest BCUT2D eigenvalue weighted by atomic mass is 32.1. The van der Waals surface area contributed by atoms with Crippen molar-refractivity contribution in [3.63, 3.8) is 0 Å². The number of aryl methyl sites for hydroxylation is 2. The van der Waals surface area contributed by atoms with Gasteiger partial charge in [0.1, 0.15) is 0 Å². The van der Waals surface area contributed by atoms with Crippen molar-refractivity contribution in [2.45, 2.75) is 168 Å². The van der Waals surface area contributed by atoms with E-state index in [2.05, 4.69) is 72.1 Å². The molecule has 0 spiro atoms. The Hall–Kier alpha value is -3.84. The zero-order valence-corrected chi connectivity index (χ0v) is 42.7. The minimum absolute atomic E-state index is 0.149. The largest absolute Gasteiger partial charge is 0.263 e. The summed E-state index contributed by atoms with van der Waals surface area (Å²) < 4.78 is 5.18. The number of hydrogen-bond donors (Lipinski definition) is 0. The molecule has 0 unspecified atom stereocenters. The Kier molecular flexibility index (Phi) is 20.9. The van der Waals surface area contributed by atoms with Gasteiger partial charge in [0.05, 0.1) is 25.3 Å². The lowest BCUT2D eigenvalue weighted by Crippen LogP contribution is -1.87. The molecule has 334 valence electrons. The number of unbranched alkanes of at least 4 members (excludes halogenated alkanes) is 20. The van der Waals surface area contributed by atoms with E-state index in [1.165, 1.54) is 188 Å². The Morgan fingerprint density at radius 3 is 0.953 bits per heavy atom. The summed E-state index contributed by atoms with van der Waals surface area (Å²) >= 11 is 10.8. The Labute approximate surface area is 407 Å². The zero-order chi connectivity index (χ0) is 44.9. The van der Waals surface area contributed by atoms with E-state index in [0.29, 0.717) is 0 Å². The van der Waals surface area contributed by atoms with Crippen LogP contribution in [-0.2, 0) is 12.8 Å². The highest BCUT2D eigenvalue weighted by molar-refractivity contribution is 7.36. The van der Waals surface area contributed by atoms with Gasteiger partial charge in [-0.1, -0.05) is 142 Å². The molecular formula is C54H62N4S6. The van der Waals surface area contributed by atoms with Crippen molar-refractivity contribution < 1.29 is 0 Å². The van der Waals surface area contributed by atoms with Crippen LogP contribution >= 0.6 is 68.0 Å². The van der Waals surface area contributed by atoms with Gasteiger partial charge in [-0.25, -0.2) is 20.2 Å². The number of hydrogen-bond acceptors (Lipinski definition) is 8. The topological polar surface area (TPSA) is 56.3 Å². The normalized spacial score (nSPS) is 12.0. The molecule has 0 radical (unpaired) electrons. The maximum Gasteiger partial charge on any atom is 0.263 e. The summed E-state index contributed by atoms with van der Waals surface area (Å²) in [5.41, 5.74) is 2.81. The molecule has 10 heteroatoms. The van der Waals surface area contributed by atoms with E-state index in [1.807, 2.05) is 45.3 Å². The van der Waals surface area contributed by atoms with E-state index in [0.717, 1.165) is 35.4 Å². The van der Waals surface area contributed by atoms with Gasteiger partial charge in [-0.2, -0.15) is 0 Å². The molecule has 6 heterocycles. The van der Waals surface area contributed by atoms with Gasteiger partial charge >= 0.3 is 0 Å². The predicted molar refractivity (Wildman–Crippen MR) is 286 cm³/mol. The Morgan fingerprint density at radius 2 is 0.688 bits per heavy atom. The molecule has 0 aliphatic carbocycles. The van der Waals surface area contributed by atoms with Crippen LogP contribution in [0.4, 0.5) is 0 Å². The summed E-state index contributed by atoms with van der Waals surface area (Å²) in [4.78, 5) is 16.6. The van der Waals surface area contributed by atoms with Crippen molar-refractivity contribution in [1.29, 1.82) is 10.5 Å². The van der Waals surface area contributed by atoms with Crippen molar-refractivity contribution in [3.8, 4) is 41.4 Å². The van der Waals surface area contributed by atoms with E-state index in [1.54, 1.807) is 34.8 Å². The Morgan fingerprint density at radius 1 is 0.422 bits per heavy atom. The fraction of sp³-hybridized carbons (Fsp3) is 0.481. The Bertz CT molecular complexity index is 2350. The van der Waals surface area contributed by atoms with Crippen LogP contribution in [0, 0.1) is 35.8 Å². The third-order valence-corrected chi connectivity index (χ3v) is 19.4. The molecule has 0 saturated heterocycles. The second-order valence-electron chi connectivity index (χ2n) is 17.0. The summed E-state index contributed by atoms with van der Waals surface area (Å²) in [6.45, 7) is 19.5. The molecule has 0 saturated carbocycles. The van der Waals surface area contributed by atoms with Gasteiger partial charge in [0, 0.05) is 57.8 Å². The fourth-order valence-corrected chi connectivity index (χ4v) is 15.6. The molecule has 4 nitrogen and oxygen atoms in total. The molecule has 0 aliphatic rings. The molecule has 6 rings (SSSR count). The fourth-order valence-electron chi connectivity index (χ4n) is 8.31.